The van der Waals surface area contributed by atoms with Gasteiger partial charge in [-0.3, -0.25) is 4.68 Å². The summed E-state index contributed by atoms with van der Waals surface area (Å²) in [5, 5.41) is 7.82. The number of methoxy groups -OCH3 is 1. The van der Waals surface area contributed by atoms with Crippen molar-refractivity contribution in [1.29, 1.82) is 0 Å². The van der Waals surface area contributed by atoms with E-state index in [-0.39, 0.29) is 35.9 Å². The lowest BCUT2D eigenvalue weighted by Gasteiger charge is -2.34. The molecule has 0 bridgehead atoms. The lowest BCUT2D eigenvalue weighted by atomic mass is 10.0. The van der Waals surface area contributed by atoms with E-state index in [9.17, 15) is 4.39 Å². The van der Waals surface area contributed by atoms with Crippen molar-refractivity contribution in [2.24, 2.45) is 5.73 Å². The van der Waals surface area contributed by atoms with Crippen molar-refractivity contribution >= 4 is 29.7 Å². The van der Waals surface area contributed by atoms with Crippen LogP contribution in [0.25, 0.3) is 22.5 Å². The molecule has 2 fully saturated rings. The predicted molar refractivity (Wildman–Crippen MR) is 149 cm³/mol. The van der Waals surface area contributed by atoms with E-state index >= 15 is 0 Å². The molecule has 2 saturated heterocycles. The van der Waals surface area contributed by atoms with Crippen molar-refractivity contribution in [1.82, 2.24) is 24.7 Å². The molecular formula is C27H30ClFN8O2. The van der Waals surface area contributed by atoms with Crippen LogP contribution in [-0.2, 0) is 4.74 Å². The van der Waals surface area contributed by atoms with E-state index < -0.39 is 5.82 Å². The third kappa shape index (κ3) is 5.51. The summed E-state index contributed by atoms with van der Waals surface area (Å²) in [5.74, 6) is 1.22. The second kappa shape index (κ2) is 11.5. The van der Waals surface area contributed by atoms with E-state index in [4.69, 9.17) is 15.2 Å². The van der Waals surface area contributed by atoms with Gasteiger partial charge in [0.2, 0.25) is 0 Å². The van der Waals surface area contributed by atoms with Crippen LogP contribution in [0.3, 0.4) is 0 Å². The Morgan fingerprint density at radius 1 is 1.15 bits per heavy atom. The number of halogens is 2. The normalized spacial score (nSPS) is 17.3. The molecule has 0 radical (unpaired) electrons. The Bertz CT molecular complexity index is 1450. The SMILES string of the molecule is COc1cccc(F)c1-c1nccc(Nc2cc(N3CCC[C@H](N)C3)c(-c3cnn(C4COC4)c3)cn2)n1.Cl. The number of benzene rings is 1. The Morgan fingerprint density at radius 3 is 2.79 bits per heavy atom. The molecule has 6 rings (SSSR count). The monoisotopic (exact) mass is 552 g/mol. The van der Waals surface area contributed by atoms with E-state index in [2.05, 4.69) is 30.3 Å². The minimum atomic E-state index is -0.457. The summed E-state index contributed by atoms with van der Waals surface area (Å²) in [6.45, 7) is 3.01. The van der Waals surface area contributed by atoms with Crippen LogP contribution in [-0.4, -0.2) is 64.2 Å². The van der Waals surface area contributed by atoms with Gasteiger partial charge in [0.15, 0.2) is 5.82 Å². The first kappa shape index (κ1) is 26.8. The fourth-order valence-electron chi connectivity index (χ4n) is 4.85. The van der Waals surface area contributed by atoms with Gasteiger partial charge in [-0.2, -0.15) is 5.10 Å². The quantitative estimate of drug-likeness (QED) is 0.347. The van der Waals surface area contributed by atoms with E-state index in [1.165, 1.54) is 13.2 Å². The zero-order chi connectivity index (χ0) is 26.1. The number of ether oxygens (including phenoxy) is 2. The second-order valence-corrected chi connectivity index (χ2v) is 9.54. The maximum atomic E-state index is 14.6. The van der Waals surface area contributed by atoms with Crippen molar-refractivity contribution in [3.63, 3.8) is 0 Å². The molecule has 12 heteroatoms. The molecule has 2 aliphatic heterocycles. The van der Waals surface area contributed by atoms with Crippen molar-refractivity contribution in [2.75, 3.05) is 43.6 Å². The molecule has 204 valence electrons. The molecule has 1 aromatic carbocycles. The van der Waals surface area contributed by atoms with E-state index in [1.807, 2.05) is 29.3 Å². The number of hydrogen-bond acceptors (Lipinski definition) is 9. The summed E-state index contributed by atoms with van der Waals surface area (Å²) in [6, 6.07) is 8.72. The van der Waals surface area contributed by atoms with Gasteiger partial charge in [-0.05, 0) is 31.0 Å². The summed E-state index contributed by atoms with van der Waals surface area (Å²) in [4.78, 5) is 15.8. The Labute approximate surface area is 231 Å². The molecule has 0 aliphatic carbocycles. The van der Waals surface area contributed by atoms with Crippen LogP contribution in [0.2, 0.25) is 0 Å². The van der Waals surface area contributed by atoms with Crippen LogP contribution in [0.5, 0.6) is 5.75 Å². The highest BCUT2D eigenvalue weighted by atomic mass is 35.5. The number of rotatable bonds is 7. The molecule has 39 heavy (non-hydrogen) atoms. The molecule has 0 amide bonds. The number of hydrogen-bond donors (Lipinski definition) is 2. The van der Waals surface area contributed by atoms with Crippen LogP contribution < -0.4 is 20.7 Å². The lowest BCUT2D eigenvalue weighted by Crippen LogP contribution is -2.43. The number of pyridine rings is 1. The average molecular weight is 553 g/mol. The Kier molecular flexibility index (Phi) is 7.92. The Hall–Kier alpha value is -3.80. The van der Waals surface area contributed by atoms with E-state index in [0.29, 0.717) is 30.6 Å². The summed E-state index contributed by atoms with van der Waals surface area (Å²) in [5.41, 5.74) is 9.53. The van der Waals surface area contributed by atoms with Gasteiger partial charge in [-0.15, -0.1) is 12.4 Å². The van der Waals surface area contributed by atoms with Crippen LogP contribution in [0.4, 0.5) is 21.7 Å². The summed E-state index contributed by atoms with van der Waals surface area (Å²) < 4.78 is 27.2. The molecule has 3 aromatic heterocycles. The fourth-order valence-corrected chi connectivity index (χ4v) is 4.85. The molecule has 3 N–H and O–H groups in total. The minimum absolute atomic E-state index is 0. The maximum absolute atomic E-state index is 14.6. The second-order valence-electron chi connectivity index (χ2n) is 9.54. The van der Waals surface area contributed by atoms with Gasteiger partial charge in [-0.1, -0.05) is 6.07 Å². The number of anilines is 3. The van der Waals surface area contributed by atoms with E-state index in [1.54, 1.807) is 24.4 Å². The van der Waals surface area contributed by atoms with Gasteiger partial charge < -0.3 is 25.4 Å². The molecule has 4 aromatic rings. The Balaban J connectivity index is 0.00000308. The van der Waals surface area contributed by atoms with Gasteiger partial charge in [-0.25, -0.2) is 19.3 Å². The standard InChI is InChI=1S/C27H29FN8O2.ClH/c1-37-23-6-2-5-21(28)26(23)27-30-8-7-24(34-27)33-25-10-22(35-9-3-4-18(29)14-35)20(12-31-25)17-11-32-36(13-17)19-15-38-16-19;/h2,5-8,10-13,18-19H,3-4,9,14-16,29H2,1H3,(H,30,31,33,34);1H/t18-;/m0./s1. The zero-order valence-corrected chi connectivity index (χ0v) is 22.3. The smallest absolute Gasteiger partial charge is 0.168 e. The molecule has 1 atom stereocenters. The highest BCUT2D eigenvalue weighted by Crippen LogP contribution is 2.35. The maximum Gasteiger partial charge on any atom is 0.168 e. The average Bonchev–Trinajstić information content (AvgIpc) is 3.36. The zero-order valence-electron chi connectivity index (χ0n) is 21.5. The first-order chi connectivity index (χ1) is 18.6. The van der Waals surface area contributed by atoms with Crippen molar-refractivity contribution in [3.8, 4) is 28.3 Å². The molecule has 5 heterocycles. The Morgan fingerprint density at radius 2 is 2.03 bits per heavy atom. The molecule has 2 aliphatic rings. The fraction of sp³-hybridized carbons (Fsp3) is 0.333. The van der Waals surface area contributed by atoms with Crippen molar-refractivity contribution in [2.45, 2.75) is 24.9 Å². The largest absolute Gasteiger partial charge is 0.496 e. The first-order valence-corrected chi connectivity index (χ1v) is 12.6. The molecule has 0 saturated carbocycles. The van der Waals surface area contributed by atoms with Crippen LogP contribution in [0.1, 0.15) is 18.9 Å². The number of piperidine rings is 1. The van der Waals surface area contributed by atoms with Crippen LogP contribution in [0, 0.1) is 5.82 Å². The topological polar surface area (TPSA) is 116 Å². The summed E-state index contributed by atoms with van der Waals surface area (Å²) >= 11 is 0. The highest BCUT2D eigenvalue weighted by Gasteiger charge is 2.24. The number of nitrogens with two attached hydrogens (primary N) is 1. The van der Waals surface area contributed by atoms with Gasteiger partial charge in [0.05, 0.1) is 38.1 Å². The molecule has 10 nitrogen and oxygen atoms in total. The van der Waals surface area contributed by atoms with Gasteiger partial charge >= 0.3 is 0 Å². The first-order valence-electron chi connectivity index (χ1n) is 12.6. The van der Waals surface area contributed by atoms with Gasteiger partial charge in [0.1, 0.15) is 23.2 Å². The summed E-state index contributed by atoms with van der Waals surface area (Å²) in [7, 11) is 1.49. The van der Waals surface area contributed by atoms with E-state index in [0.717, 1.165) is 42.7 Å². The van der Waals surface area contributed by atoms with Crippen molar-refractivity contribution in [3.05, 3.63) is 60.9 Å². The highest BCUT2D eigenvalue weighted by molar-refractivity contribution is 5.85. The van der Waals surface area contributed by atoms with Crippen LogP contribution >= 0.6 is 12.4 Å². The molecule has 0 spiro atoms. The number of nitrogens with one attached hydrogen (secondary N) is 1. The summed E-state index contributed by atoms with van der Waals surface area (Å²) in [6.07, 6.45) is 9.36. The number of nitrogens with zero attached hydrogens (tertiary/aromatic N) is 6. The van der Waals surface area contributed by atoms with Gasteiger partial charge in [0, 0.05) is 60.6 Å². The lowest BCUT2D eigenvalue weighted by molar-refractivity contribution is -0.0286. The minimum Gasteiger partial charge on any atom is -0.496 e. The third-order valence-corrected chi connectivity index (χ3v) is 6.92. The number of aromatic nitrogens is 5. The van der Waals surface area contributed by atoms with Crippen LogP contribution in [0.15, 0.2) is 55.1 Å². The molecular weight excluding hydrogens is 523 g/mol. The molecule has 0 unspecified atom stereocenters. The van der Waals surface area contributed by atoms with Gasteiger partial charge in [0.25, 0.3) is 0 Å². The third-order valence-electron chi connectivity index (χ3n) is 6.92. The predicted octanol–water partition coefficient (Wildman–Crippen LogP) is 4.21. The van der Waals surface area contributed by atoms with Crippen molar-refractivity contribution < 1.29 is 13.9 Å².